The first-order valence-electron chi connectivity index (χ1n) is 6.01. The second-order valence-electron chi connectivity index (χ2n) is 4.16. The topological polar surface area (TPSA) is 59.1 Å². The maximum absolute atomic E-state index is 7.56. The van der Waals surface area contributed by atoms with Gasteiger partial charge in [0.1, 0.15) is 17.3 Å². The Morgan fingerprint density at radius 3 is 2.74 bits per heavy atom. The molecule has 0 spiro atoms. The van der Waals surface area contributed by atoms with Crippen molar-refractivity contribution in [2.75, 3.05) is 0 Å². The quantitative estimate of drug-likeness (QED) is 0.654. The third kappa shape index (κ3) is 3.26. The monoisotopic (exact) mass is 274 g/mol. The number of halogens is 1. The lowest BCUT2D eigenvalue weighted by Gasteiger charge is -2.11. The molecule has 4 heteroatoms. The zero-order valence-electron chi connectivity index (χ0n) is 10.6. The van der Waals surface area contributed by atoms with Gasteiger partial charge < -0.3 is 10.5 Å². The number of ether oxygens (including phenoxy) is 1. The number of amidine groups is 1. The van der Waals surface area contributed by atoms with Crippen LogP contribution in [0.3, 0.4) is 0 Å². The van der Waals surface area contributed by atoms with Gasteiger partial charge in [-0.05, 0) is 42.3 Å². The molecule has 0 aliphatic carbocycles. The van der Waals surface area contributed by atoms with Gasteiger partial charge in [-0.1, -0.05) is 30.7 Å². The van der Waals surface area contributed by atoms with Crippen molar-refractivity contribution >= 4 is 17.4 Å². The van der Waals surface area contributed by atoms with E-state index in [-0.39, 0.29) is 5.84 Å². The van der Waals surface area contributed by atoms with Crippen molar-refractivity contribution in [2.45, 2.75) is 13.3 Å². The first-order chi connectivity index (χ1) is 9.10. The largest absolute Gasteiger partial charge is 0.457 e. The Labute approximate surface area is 117 Å². The SMILES string of the molecule is CCc1cccc(Oc2ccc(Cl)cc2C(=N)N)c1. The van der Waals surface area contributed by atoms with Gasteiger partial charge in [0.2, 0.25) is 0 Å². The molecule has 0 aliphatic rings. The van der Waals surface area contributed by atoms with Crippen LogP contribution in [0.15, 0.2) is 42.5 Å². The Hall–Kier alpha value is -2.00. The van der Waals surface area contributed by atoms with Crippen molar-refractivity contribution in [1.82, 2.24) is 0 Å². The molecule has 2 rings (SSSR count). The lowest BCUT2D eigenvalue weighted by Crippen LogP contribution is -2.12. The molecule has 0 unspecified atom stereocenters. The summed E-state index contributed by atoms with van der Waals surface area (Å²) in [5.41, 5.74) is 7.22. The van der Waals surface area contributed by atoms with Crippen LogP contribution < -0.4 is 10.5 Å². The molecule has 0 fully saturated rings. The summed E-state index contributed by atoms with van der Waals surface area (Å²) >= 11 is 5.90. The van der Waals surface area contributed by atoms with E-state index in [0.29, 0.717) is 16.3 Å². The average Bonchev–Trinajstić information content (AvgIpc) is 2.41. The smallest absolute Gasteiger partial charge is 0.138 e. The molecule has 2 aromatic carbocycles. The Kier molecular flexibility index (Phi) is 4.07. The van der Waals surface area contributed by atoms with E-state index in [4.69, 9.17) is 27.5 Å². The van der Waals surface area contributed by atoms with Crippen LogP contribution in [0.5, 0.6) is 11.5 Å². The van der Waals surface area contributed by atoms with E-state index < -0.39 is 0 Å². The summed E-state index contributed by atoms with van der Waals surface area (Å²) in [6, 6.07) is 12.9. The zero-order valence-corrected chi connectivity index (χ0v) is 11.4. The maximum Gasteiger partial charge on any atom is 0.138 e. The van der Waals surface area contributed by atoms with Gasteiger partial charge in [0.15, 0.2) is 0 Å². The van der Waals surface area contributed by atoms with Gasteiger partial charge in [-0.3, -0.25) is 5.41 Å². The molecule has 3 nitrogen and oxygen atoms in total. The van der Waals surface area contributed by atoms with E-state index in [2.05, 4.69) is 6.92 Å². The summed E-state index contributed by atoms with van der Waals surface area (Å²) in [5.74, 6) is 1.19. The Morgan fingerprint density at radius 2 is 2.05 bits per heavy atom. The number of benzene rings is 2. The van der Waals surface area contributed by atoms with Gasteiger partial charge in [0.05, 0.1) is 5.56 Å². The summed E-state index contributed by atoms with van der Waals surface area (Å²) in [5, 5.41) is 8.08. The summed E-state index contributed by atoms with van der Waals surface area (Å²) in [6.07, 6.45) is 0.942. The maximum atomic E-state index is 7.56. The van der Waals surface area contributed by atoms with Gasteiger partial charge in [-0.25, -0.2) is 0 Å². The lowest BCUT2D eigenvalue weighted by molar-refractivity contribution is 0.481. The first kappa shape index (κ1) is 13.4. The predicted octanol–water partition coefficient (Wildman–Crippen LogP) is 3.98. The molecule has 0 saturated carbocycles. The number of aryl methyl sites for hydroxylation is 1. The van der Waals surface area contributed by atoms with E-state index in [1.54, 1.807) is 18.2 Å². The summed E-state index contributed by atoms with van der Waals surface area (Å²) in [6.45, 7) is 2.09. The van der Waals surface area contributed by atoms with Crippen molar-refractivity contribution < 1.29 is 4.74 Å². The van der Waals surface area contributed by atoms with Gasteiger partial charge >= 0.3 is 0 Å². The summed E-state index contributed by atoms with van der Waals surface area (Å²) in [7, 11) is 0. The minimum atomic E-state index is -0.0656. The summed E-state index contributed by atoms with van der Waals surface area (Å²) < 4.78 is 5.79. The fourth-order valence-corrected chi connectivity index (χ4v) is 1.93. The molecule has 0 bridgehead atoms. The minimum Gasteiger partial charge on any atom is -0.457 e. The van der Waals surface area contributed by atoms with E-state index in [1.165, 1.54) is 5.56 Å². The summed E-state index contributed by atoms with van der Waals surface area (Å²) in [4.78, 5) is 0. The first-order valence-corrected chi connectivity index (χ1v) is 6.38. The van der Waals surface area contributed by atoms with Crippen molar-refractivity contribution in [3.05, 3.63) is 58.6 Å². The highest BCUT2D eigenvalue weighted by atomic mass is 35.5. The zero-order chi connectivity index (χ0) is 13.8. The number of nitrogens with two attached hydrogens (primary N) is 1. The fourth-order valence-electron chi connectivity index (χ4n) is 1.76. The van der Waals surface area contributed by atoms with Crippen molar-refractivity contribution in [3.8, 4) is 11.5 Å². The molecule has 0 aromatic heterocycles. The molecule has 0 amide bonds. The standard InChI is InChI=1S/C15H15ClN2O/c1-2-10-4-3-5-12(8-10)19-14-7-6-11(16)9-13(14)15(17)18/h3-9H,2H2,1H3,(H3,17,18). The molecule has 0 radical (unpaired) electrons. The van der Waals surface area contributed by atoms with E-state index in [9.17, 15) is 0 Å². The third-order valence-corrected chi connectivity index (χ3v) is 3.00. The van der Waals surface area contributed by atoms with Crippen molar-refractivity contribution in [2.24, 2.45) is 5.73 Å². The van der Waals surface area contributed by atoms with Crippen LogP contribution in [0.1, 0.15) is 18.1 Å². The highest BCUT2D eigenvalue weighted by Gasteiger charge is 2.09. The van der Waals surface area contributed by atoms with Crippen LogP contribution in [-0.2, 0) is 6.42 Å². The van der Waals surface area contributed by atoms with Gasteiger partial charge in [0, 0.05) is 5.02 Å². The van der Waals surface area contributed by atoms with Crippen LogP contribution >= 0.6 is 11.6 Å². The van der Waals surface area contributed by atoms with Crippen LogP contribution in [0.4, 0.5) is 0 Å². The molecular formula is C15H15ClN2O. The fraction of sp³-hybridized carbons (Fsp3) is 0.133. The minimum absolute atomic E-state index is 0.0656. The molecule has 2 aromatic rings. The predicted molar refractivity (Wildman–Crippen MR) is 78.4 cm³/mol. The molecule has 0 saturated heterocycles. The van der Waals surface area contributed by atoms with E-state index in [0.717, 1.165) is 12.2 Å². The lowest BCUT2D eigenvalue weighted by atomic mass is 10.1. The third-order valence-electron chi connectivity index (χ3n) is 2.77. The second-order valence-corrected chi connectivity index (χ2v) is 4.59. The van der Waals surface area contributed by atoms with Crippen LogP contribution in [-0.4, -0.2) is 5.84 Å². The number of rotatable bonds is 4. The highest BCUT2D eigenvalue weighted by Crippen LogP contribution is 2.28. The molecule has 3 N–H and O–H groups in total. The molecule has 0 heterocycles. The highest BCUT2D eigenvalue weighted by molar-refractivity contribution is 6.31. The molecular weight excluding hydrogens is 260 g/mol. The Morgan fingerprint density at radius 1 is 1.26 bits per heavy atom. The van der Waals surface area contributed by atoms with Crippen molar-refractivity contribution in [3.63, 3.8) is 0 Å². The van der Waals surface area contributed by atoms with E-state index in [1.807, 2.05) is 24.3 Å². The number of nitrogens with one attached hydrogen (secondary N) is 1. The Balaban J connectivity index is 2.34. The van der Waals surface area contributed by atoms with Crippen LogP contribution in [0.25, 0.3) is 0 Å². The Bertz CT molecular complexity index is 611. The van der Waals surface area contributed by atoms with Gasteiger partial charge in [-0.15, -0.1) is 0 Å². The van der Waals surface area contributed by atoms with Crippen LogP contribution in [0, 0.1) is 5.41 Å². The van der Waals surface area contributed by atoms with E-state index >= 15 is 0 Å². The van der Waals surface area contributed by atoms with Gasteiger partial charge in [0.25, 0.3) is 0 Å². The molecule has 0 aliphatic heterocycles. The number of hydrogen-bond acceptors (Lipinski definition) is 2. The molecule has 98 valence electrons. The molecule has 19 heavy (non-hydrogen) atoms. The average molecular weight is 275 g/mol. The van der Waals surface area contributed by atoms with Gasteiger partial charge in [-0.2, -0.15) is 0 Å². The number of hydrogen-bond donors (Lipinski definition) is 2. The molecule has 0 atom stereocenters. The second kappa shape index (κ2) is 5.76. The van der Waals surface area contributed by atoms with Crippen LogP contribution in [0.2, 0.25) is 5.02 Å². The normalized spacial score (nSPS) is 10.2. The van der Waals surface area contributed by atoms with Crippen molar-refractivity contribution in [1.29, 1.82) is 5.41 Å². The number of nitrogen functional groups attached to an aromatic ring is 1.